The molecule has 0 amide bonds. The van der Waals surface area contributed by atoms with Crippen LogP contribution in [-0.2, 0) is 11.2 Å². The normalized spacial score (nSPS) is 45.0. The summed E-state index contributed by atoms with van der Waals surface area (Å²) in [4.78, 5) is 12.3. The van der Waals surface area contributed by atoms with E-state index in [-0.39, 0.29) is 16.9 Å². The first-order valence-corrected chi connectivity index (χ1v) is 11.4. The zero-order valence-corrected chi connectivity index (χ0v) is 17.4. The van der Waals surface area contributed by atoms with Gasteiger partial charge in [0.1, 0.15) is 0 Å². The molecule has 0 spiro atoms. The van der Waals surface area contributed by atoms with E-state index in [0.29, 0.717) is 29.5 Å². The largest absolute Gasteiger partial charge is 0.393 e. The van der Waals surface area contributed by atoms with Crippen LogP contribution in [0.1, 0.15) is 64.4 Å². The molecule has 1 aromatic carbocycles. The number of ketones is 1. The Morgan fingerprint density at radius 1 is 1.04 bits per heavy atom. The van der Waals surface area contributed by atoms with Gasteiger partial charge in [0.15, 0.2) is 5.78 Å². The first kappa shape index (κ1) is 18.6. The van der Waals surface area contributed by atoms with Crippen molar-refractivity contribution in [3.63, 3.8) is 0 Å². The van der Waals surface area contributed by atoms with Gasteiger partial charge in [-0.2, -0.15) is 0 Å². The van der Waals surface area contributed by atoms with Crippen LogP contribution in [0.5, 0.6) is 0 Å². The molecule has 2 nitrogen and oxygen atoms in total. The van der Waals surface area contributed by atoms with E-state index in [1.165, 1.54) is 24.0 Å². The van der Waals surface area contributed by atoms with E-state index in [9.17, 15) is 9.90 Å². The molecule has 3 saturated carbocycles. The fourth-order valence-electron chi connectivity index (χ4n) is 7.80. The molecule has 1 aromatic rings. The molecule has 0 unspecified atom stereocenters. The minimum Gasteiger partial charge on any atom is -0.393 e. The highest BCUT2D eigenvalue weighted by molar-refractivity contribution is 5.91. The van der Waals surface area contributed by atoms with Gasteiger partial charge in [0, 0.05) is 6.42 Å². The van der Waals surface area contributed by atoms with Gasteiger partial charge in [0.05, 0.1) is 6.10 Å². The second kappa shape index (κ2) is 6.55. The van der Waals surface area contributed by atoms with Crippen molar-refractivity contribution in [3.8, 4) is 0 Å². The van der Waals surface area contributed by atoms with Crippen LogP contribution in [0, 0.1) is 34.5 Å². The number of hydrogen-bond acceptors (Lipinski definition) is 2. The lowest BCUT2D eigenvalue weighted by Crippen LogP contribution is -2.54. The van der Waals surface area contributed by atoms with Gasteiger partial charge in [-0.1, -0.05) is 49.8 Å². The van der Waals surface area contributed by atoms with Crippen molar-refractivity contribution in [2.24, 2.45) is 34.5 Å². The number of aliphatic hydroxyl groups excluding tert-OH is 1. The molecular formula is C26H34O2. The van der Waals surface area contributed by atoms with Crippen LogP contribution in [0.4, 0.5) is 0 Å². The molecule has 0 aliphatic heterocycles. The van der Waals surface area contributed by atoms with Gasteiger partial charge in [-0.15, -0.1) is 0 Å². The Balaban J connectivity index is 1.56. The maximum absolute atomic E-state index is 12.3. The van der Waals surface area contributed by atoms with E-state index in [1.54, 1.807) is 0 Å². The summed E-state index contributed by atoms with van der Waals surface area (Å²) in [5, 5.41) is 10.8. The zero-order valence-electron chi connectivity index (χ0n) is 17.4. The minimum atomic E-state index is -0.131. The molecule has 0 heterocycles. The van der Waals surface area contributed by atoms with Crippen LogP contribution >= 0.6 is 0 Å². The van der Waals surface area contributed by atoms with Gasteiger partial charge in [-0.05, 0) is 91.1 Å². The first-order chi connectivity index (χ1) is 13.4. The number of aliphatic hydroxyl groups is 1. The van der Waals surface area contributed by atoms with Crippen LogP contribution in [0.3, 0.4) is 0 Å². The van der Waals surface area contributed by atoms with Crippen LogP contribution in [0.2, 0.25) is 0 Å². The van der Waals surface area contributed by atoms with E-state index in [4.69, 9.17) is 0 Å². The summed E-state index contributed by atoms with van der Waals surface area (Å²) < 4.78 is 0. The number of rotatable bonds is 2. The molecule has 0 bridgehead atoms. The quantitative estimate of drug-likeness (QED) is 0.753. The number of carbonyl (C=O) groups excluding carboxylic acids is 1. The SMILES string of the molecule is C[C@]12CC[C@H]3[C@@H]([C@H](Cc4ccccc4)CC4=CC(=O)CC[C@@]43C)[C@@H]1CC[C@@H]2O. The smallest absolute Gasteiger partial charge is 0.155 e. The summed E-state index contributed by atoms with van der Waals surface area (Å²) in [6, 6.07) is 10.9. The Hall–Kier alpha value is -1.41. The predicted octanol–water partition coefficient (Wildman–Crippen LogP) is 5.35. The van der Waals surface area contributed by atoms with Gasteiger partial charge in [0.25, 0.3) is 0 Å². The topological polar surface area (TPSA) is 37.3 Å². The molecule has 4 aliphatic rings. The third-order valence-corrected chi connectivity index (χ3v) is 9.43. The number of allylic oxidation sites excluding steroid dienone is 1. The average molecular weight is 379 g/mol. The lowest BCUT2D eigenvalue weighted by Gasteiger charge is -2.60. The fourth-order valence-corrected chi connectivity index (χ4v) is 7.80. The van der Waals surface area contributed by atoms with E-state index < -0.39 is 0 Å². The average Bonchev–Trinajstić information content (AvgIpc) is 2.99. The van der Waals surface area contributed by atoms with Crippen LogP contribution in [0.15, 0.2) is 42.0 Å². The molecule has 4 aliphatic carbocycles. The van der Waals surface area contributed by atoms with Crippen molar-refractivity contribution in [3.05, 3.63) is 47.5 Å². The summed E-state index contributed by atoms with van der Waals surface area (Å²) in [6.07, 6.45) is 10.3. The highest BCUT2D eigenvalue weighted by Gasteiger charge is 2.61. The third kappa shape index (κ3) is 2.67. The van der Waals surface area contributed by atoms with Gasteiger partial charge in [-0.3, -0.25) is 4.79 Å². The van der Waals surface area contributed by atoms with Crippen molar-refractivity contribution in [2.75, 3.05) is 0 Å². The molecule has 0 aromatic heterocycles. The zero-order chi connectivity index (χ0) is 19.5. The predicted molar refractivity (Wildman–Crippen MR) is 112 cm³/mol. The summed E-state index contributed by atoms with van der Waals surface area (Å²) >= 11 is 0. The summed E-state index contributed by atoms with van der Waals surface area (Å²) in [6.45, 7) is 4.82. The molecule has 150 valence electrons. The standard InChI is InChI=1S/C26H34O2/c1-25-12-10-20(27)16-19(25)15-18(14-17-6-4-3-5-7-17)24-21-8-9-23(28)26(21,2)13-11-22(24)25/h3-7,16,18,21-24,28H,8-15H2,1-2H3/t18-,21+,22+,23+,24+,25+,26+/m1/s1. The molecule has 28 heavy (non-hydrogen) atoms. The molecule has 0 radical (unpaired) electrons. The summed E-state index contributed by atoms with van der Waals surface area (Å²) in [5.41, 5.74) is 3.15. The molecule has 2 heteroatoms. The second-order valence-electron chi connectivity index (χ2n) is 10.6. The maximum atomic E-state index is 12.3. The molecule has 3 fully saturated rings. The Morgan fingerprint density at radius 2 is 1.82 bits per heavy atom. The van der Waals surface area contributed by atoms with Crippen LogP contribution < -0.4 is 0 Å². The Morgan fingerprint density at radius 3 is 2.61 bits per heavy atom. The van der Waals surface area contributed by atoms with Gasteiger partial charge < -0.3 is 5.11 Å². The van der Waals surface area contributed by atoms with E-state index in [1.807, 2.05) is 6.08 Å². The van der Waals surface area contributed by atoms with Crippen molar-refractivity contribution in [2.45, 2.75) is 71.3 Å². The van der Waals surface area contributed by atoms with E-state index >= 15 is 0 Å². The second-order valence-corrected chi connectivity index (χ2v) is 10.6. The highest BCUT2D eigenvalue weighted by Crippen LogP contribution is 2.66. The Kier molecular flexibility index (Phi) is 4.36. The first-order valence-electron chi connectivity index (χ1n) is 11.4. The van der Waals surface area contributed by atoms with Crippen molar-refractivity contribution in [1.29, 1.82) is 0 Å². The lowest BCUT2D eigenvalue weighted by atomic mass is 9.44. The Labute approximate surface area is 169 Å². The van der Waals surface area contributed by atoms with E-state index in [2.05, 4.69) is 44.2 Å². The molecule has 0 saturated heterocycles. The molecular weight excluding hydrogens is 344 g/mol. The van der Waals surface area contributed by atoms with E-state index in [0.717, 1.165) is 38.5 Å². The molecule has 7 atom stereocenters. The fraction of sp³-hybridized carbons (Fsp3) is 0.654. The van der Waals surface area contributed by atoms with Crippen molar-refractivity contribution >= 4 is 5.78 Å². The third-order valence-electron chi connectivity index (χ3n) is 9.43. The van der Waals surface area contributed by atoms with Crippen LogP contribution in [-0.4, -0.2) is 17.0 Å². The van der Waals surface area contributed by atoms with Crippen molar-refractivity contribution in [1.82, 2.24) is 0 Å². The van der Waals surface area contributed by atoms with Gasteiger partial charge in [0.2, 0.25) is 0 Å². The Bertz CT molecular complexity index is 796. The summed E-state index contributed by atoms with van der Waals surface area (Å²) in [5.74, 6) is 2.89. The molecule has 1 N–H and O–H groups in total. The van der Waals surface area contributed by atoms with Gasteiger partial charge in [-0.25, -0.2) is 0 Å². The monoisotopic (exact) mass is 378 g/mol. The number of fused-ring (bicyclic) bond motifs is 5. The van der Waals surface area contributed by atoms with Gasteiger partial charge >= 0.3 is 0 Å². The maximum Gasteiger partial charge on any atom is 0.155 e. The number of hydrogen-bond donors (Lipinski definition) is 1. The molecule has 5 rings (SSSR count). The van der Waals surface area contributed by atoms with Crippen LogP contribution in [0.25, 0.3) is 0 Å². The number of benzene rings is 1. The minimum absolute atomic E-state index is 0.0954. The van der Waals surface area contributed by atoms with Crippen molar-refractivity contribution < 1.29 is 9.90 Å². The number of carbonyl (C=O) groups is 1. The summed E-state index contributed by atoms with van der Waals surface area (Å²) in [7, 11) is 0. The lowest BCUT2D eigenvalue weighted by molar-refractivity contribution is -0.120. The highest BCUT2D eigenvalue weighted by atomic mass is 16.3.